The molecule has 0 radical (unpaired) electrons. The van der Waals surface area contributed by atoms with Crippen molar-refractivity contribution < 1.29 is 9.53 Å². The van der Waals surface area contributed by atoms with E-state index in [4.69, 9.17) is 10.5 Å². The summed E-state index contributed by atoms with van der Waals surface area (Å²) >= 11 is 0. The number of rotatable bonds is 2. The average molecular weight is 258 g/mol. The SMILES string of the molecule is Cn1cc(CN)c(-c2ccc3c(c2)NC(=O)CO3)n1. The van der Waals surface area contributed by atoms with Gasteiger partial charge >= 0.3 is 0 Å². The minimum atomic E-state index is -0.148. The highest BCUT2D eigenvalue weighted by Crippen LogP contribution is 2.33. The number of benzene rings is 1. The minimum Gasteiger partial charge on any atom is -0.482 e. The van der Waals surface area contributed by atoms with Crippen molar-refractivity contribution in [2.24, 2.45) is 12.8 Å². The van der Waals surface area contributed by atoms with Crippen LogP contribution in [-0.2, 0) is 18.4 Å². The van der Waals surface area contributed by atoms with Gasteiger partial charge in [0.2, 0.25) is 0 Å². The predicted molar refractivity (Wildman–Crippen MR) is 70.7 cm³/mol. The van der Waals surface area contributed by atoms with Crippen molar-refractivity contribution in [3.8, 4) is 17.0 Å². The van der Waals surface area contributed by atoms with Gasteiger partial charge in [-0.3, -0.25) is 9.48 Å². The molecule has 0 spiro atoms. The summed E-state index contributed by atoms with van der Waals surface area (Å²) in [6.07, 6.45) is 1.89. The molecule has 0 saturated heterocycles. The van der Waals surface area contributed by atoms with Gasteiger partial charge in [0.15, 0.2) is 6.61 Å². The van der Waals surface area contributed by atoms with Crippen LogP contribution < -0.4 is 15.8 Å². The van der Waals surface area contributed by atoms with Crippen molar-refractivity contribution in [3.05, 3.63) is 30.0 Å². The third-order valence-corrected chi connectivity index (χ3v) is 3.01. The maximum Gasteiger partial charge on any atom is 0.262 e. The molecule has 2 aromatic rings. The Morgan fingerprint density at radius 3 is 3.16 bits per heavy atom. The lowest BCUT2D eigenvalue weighted by atomic mass is 10.1. The van der Waals surface area contributed by atoms with E-state index < -0.39 is 0 Å². The molecule has 1 amide bonds. The molecule has 1 aliphatic heterocycles. The van der Waals surface area contributed by atoms with Crippen LogP contribution in [0, 0.1) is 0 Å². The molecule has 1 aliphatic rings. The highest BCUT2D eigenvalue weighted by atomic mass is 16.5. The number of fused-ring (bicyclic) bond motifs is 1. The van der Waals surface area contributed by atoms with Gasteiger partial charge in [-0.05, 0) is 18.2 Å². The van der Waals surface area contributed by atoms with Crippen molar-refractivity contribution in [1.29, 1.82) is 0 Å². The molecule has 0 atom stereocenters. The summed E-state index contributed by atoms with van der Waals surface area (Å²) in [5, 5.41) is 7.19. The highest BCUT2D eigenvalue weighted by Gasteiger charge is 2.18. The minimum absolute atomic E-state index is 0.0595. The number of carbonyl (C=O) groups excluding carboxylic acids is 1. The summed E-state index contributed by atoms with van der Waals surface area (Å²) in [4.78, 5) is 11.3. The maximum absolute atomic E-state index is 11.3. The first kappa shape index (κ1) is 11.7. The van der Waals surface area contributed by atoms with E-state index in [1.807, 2.05) is 31.4 Å². The first-order valence-corrected chi connectivity index (χ1v) is 5.97. The summed E-state index contributed by atoms with van der Waals surface area (Å²) in [6.45, 7) is 0.479. The molecule has 0 unspecified atom stereocenters. The Morgan fingerprint density at radius 2 is 2.37 bits per heavy atom. The van der Waals surface area contributed by atoms with Gasteiger partial charge in [-0.2, -0.15) is 5.10 Å². The summed E-state index contributed by atoms with van der Waals surface area (Å²) < 4.78 is 7.05. The number of aromatic nitrogens is 2. The molecule has 0 saturated carbocycles. The third kappa shape index (κ3) is 2.06. The smallest absolute Gasteiger partial charge is 0.262 e. The van der Waals surface area contributed by atoms with Crippen LogP contribution in [0.5, 0.6) is 5.75 Å². The summed E-state index contributed by atoms with van der Waals surface area (Å²) in [7, 11) is 1.85. The lowest BCUT2D eigenvalue weighted by molar-refractivity contribution is -0.118. The normalized spacial score (nSPS) is 13.7. The monoisotopic (exact) mass is 258 g/mol. The number of nitrogens with zero attached hydrogens (tertiary/aromatic N) is 2. The number of aryl methyl sites for hydroxylation is 1. The van der Waals surface area contributed by atoms with E-state index in [1.165, 1.54) is 0 Å². The Morgan fingerprint density at radius 1 is 1.53 bits per heavy atom. The predicted octanol–water partition coefficient (Wildman–Crippen LogP) is 0.877. The van der Waals surface area contributed by atoms with Gasteiger partial charge in [0.25, 0.3) is 5.91 Å². The number of amides is 1. The van der Waals surface area contributed by atoms with Gasteiger partial charge in [0.1, 0.15) is 5.75 Å². The molecule has 1 aromatic carbocycles. The number of nitrogens with one attached hydrogen (secondary N) is 1. The van der Waals surface area contributed by atoms with Crippen molar-refractivity contribution in [3.63, 3.8) is 0 Å². The summed E-state index contributed by atoms with van der Waals surface area (Å²) in [6, 6.07) is 5.60. The summed E-state index contributed by atoms with van der Waals surface area (Å²) in [5.74, 6) is 0.526. The molecule has 6 heteroatoms. The van der Waals surface area contributed by atoms with Crippen molar-refractivity contribution in [2.45, 2.75) is 6.54 Å². The Balaban J connectivity index is 2.06. The molecule has 98 valence electrons. The number of anilines is 1. The second-order valence-electron chi connectivity index (χ2n) is 4.43. The molecule has 3 rings (SSSR count). The van der Waals surface area contributed by atoms with Gasteiger partial charge < -0.3 is 15.8 Å². The molecule has 2 heterocycles. The molecule has 19 heavy (non-hydrogen) atoms. The van der Waals surface area contributed by atoms with E-state index in [9.17, 15) is 4.79 Å². The van der Waals surface area contributed by atoms with Gasteiger partial charge in [0, 0.05) is 30.9 Å². The van der Waals surface area contributed by atoms with E-state index >= 15 is 0 Å². The van der Waals surface area contributed by atoms with E-state index in [2.05, 4.69) is 10.4 Å². The van der Waals surface area contributed by atoms with Gasteiger partial charge in [-0.1, -0.05) is 0 Å². The first-order chi connectivity index (χ1) is 9.17. The zero-order valence-electron chi connectivity index (χ0n) is 10.5. The first-order valence-electron chi connectivity index (χ1n) is 5.97. The molecular formula is C13H14N4O2. The fraction of sp³-hybridized carbons (Fsp3) is 0.231. The Bertz CT molecular complexity index is 648. The van der Waals surface area contributed by atoms with Crippen LogP contribution in [0.4, 0.5) is 5.69 Å². The zero-order chi connectivity index (χ0) is 13.4. The Kier molecular flexibility index (Phi) is 2.72. The van der Waals surface area contributed by atoms with Gasteiger partial charge in [-0.15, -0.1) is 0 Å². The van der Waals surface area contributed by atoms with Crippen LogP contribution in [0.25, 0.3) is 11.3 Å². The molecule has 1 aromatic heterocycles. The average Bonchev–Trinajstić information content (AvgIpc) is 2.79. The van der Waals surface area contributed by atoms with E-state index in [1.54, 1.807) is 4.68 Å². The fourth-order valence-electron chi connectivity index (χ4n) is 2.16. The van der Waals surface area contributed by atoms with Crippen LogP contribution in [0.3, 0.4) is 0 Å². The molecule has 0 fully saturated rings. The fourth-order valence-corrected chi connectivity index (χ4v) is 2.16. The van der Waals surface area contributed by atoms with Crippen LogP contribution in [0.1, 0.15) is 5.56 Å². The lowest BCUT2D eigenvalue weighted by Gasteiger charge is -2.18. The van der Waals surface area contributed by atoms with Crippen LogP contribution in [0.2, 0.25) is 0 Å². The highest BCUT2D eigenvalue weighted by molar-refractivity contribution is 5.96. The molecule has 3 N–H and O–H groups in total. The second kappa shape index (κ2) is 4.40. The number of hydrogen-bond donors (Lipinski definition) is 2. The van der Waals surface area contributed by atoms with Gasteiger partial charge in [0.05, 0.1) is 11.4 Å². The third-order valence-electron chi connectivity index (χ3n) is 3.01. The molecule has 0 bridgehead atoms. The quantitative estimate of drug-likeness (QED) is 0.837. The molecular weight excluding hydrogens is 244 g/mol. The number of ether oxygens (including phenoxy) is 1. The number of hydrogen-bond acceptors (Lipinski definition) is 4. The second-order valence-corrected chi connectivity index (χ2v) is 4.43. The standard InChI is InChI=1S/C13H14N4O2/c1-17-6-9(5-14)13(16-17)8-2-3-11-10(4-8)15-12(18)7-19-11/h2-4,6H,5,7,14H2,1H3,(H,15,18). The van der Waals surface area contributed by atoms with Crippen molar-refractivity contribution >= 4 is 11.6 Å². The van der Waals surface area contributed by atoms with Crippen LogP contribution in [0.15, 0.2) is 24.4 Å². The van der Waals surface area contributed by atoms with Crippen LogP contribution in [-0.4, -0.2) is 22.3 Å². The molecule has 6 nitrogen and oxygen atoms in total. The van der Waals surface area contributed by atoms with Crippen LogP contribution >= 0.6 is 0 Å². The van der Waals surface area contributed by atoms with Crippen molar-refractivity contribution in [1.82, 2.24) is 9.78 Å². The lowest BCUT2D eigenvalue weighted by Crippen LogP contribution is -2.25. The largest absolute Gasteiger partial charge is 0.482 e. The topological polar surface area (TPSA) is 82.2 Å². The maximum atomic E-state index is 11.3. The van der Waals surface area contributed by atoms with E-state index in [-0.39, 0.29) is 12.5 Å². The Labute approximate surface area is 110 Å². The number of carbonyl (C=O) groups is 1. The molecule has 0 aliphatic carbocycles. The van der Waals surface area contributed by atoms with Gasteiger partial charge in [-0.25, -0.2) is 0 Å². The number of nitrogens with two attached hydrogens (primary N) is 1. The van der Waals surface area contributed by atoms with E-state index in [0.29, 0.717) is 18.0 Å². The summed E-state index contributed by atoms with van der Waals surface area (Å²) in [5.41, 5.74) is 9.08. The Hall–Kier alpha value is -2.34. The zero-order valence-corrected chi connectivity index (χ0v) is 10.5. The van der Waals surface area contributed by atoms with E-state index in [0.717, 1.165) is 16.8 Å². The van der Waals surface area contributed by atoms with Crippen molar-refractivity contribution in [2.75, 3.05) is 11.9 Å².